The van der Waals surface area contributed by atoms with Gasteiger partial charge in [-0.3, -0.25) is 9.59 Å². The number of benzene rings is 2. The van der Waals surface area contributed by atoms with Crippen LogP contribution in [0.25, 0.3) is 6.08 Å². The van der Waals surface area contributed by atoms with Crippen LogP contribution in [0.4, 0.5) is 18.9 Å². The van der Waals surface area contributed by atoms with Crippen LogP contribution in [-0.4, -0.2) is 36.2 Å². The topological polar surface area (TPSA) is 58.6 Å². The van der Waals surface area contributed by atoms with E-state index in [2.05, 4.69) is 10.1 Å². The minimum atomic E-state index is -4.85. The standard InChI is InChI=1S/C22H21F3N2O3/c23-22(24,25)30-19-9-5-4-8-18(19)26-21(29)17-12-14-27(15-13-17)20(28)11-10-16-6-2-1-3-7-16/h1-11,17H,12-15H2,(H,26,29)/b11-10+. The first-order chi connectivity index (χ1) is 14.3. The van der Waals surface area contributed by atoms with Crippen molar-refractivity contribution in [3.63, 3.8) is 0 Å². The highest BCUT2D eigenvalue weighted by atomic mass is 19.4. The number of nitrogens with zero attached hydrogens (tertiary/aromatic N) is 1. The second-order valence-corrected chi connectivity index (χ2v) is 6.88. The monoisotopic (exact) mass is 418 g/mol. The third-order valence-electron chi connectivity index (χ3n) is 4.77. The summed E-state index contributed by atoms with van der Waals surface area (Å²) in [5.41, 5.74) is 0.879. The average Bonchev–Trinajstić information content (AvgIpc) is 2.73. The van der Waals surface area contributed by atoms with E-state index in [9.17, 15) is 22.8 Å². The Hall–Kier alpha value is -3.29. The van der Waals surface area contributed by atoms with Crippen molar-refractivity contribution < 1.29 is 27.5 Å². The highest BCUT2D eigenvalue weighted by Crippen LogP contribution is 2.31. The Bertz CT molecular complexity index is 905. The summed E-state index contributed by atoms with van der Waals surface area (Å²) >= 11 is 0. The van der Waals surface area contributed by atoms with Crippen LogP contribution in [0.15, 0.2) is 60.7 Å². The molecule has 2 aromatic carbocycles. The van der Waals surface area contributed by atoms with Gasteiger partial charge in [0, 0.05) is 25.1 Å². The van der Waals surface area contributed by atoms with Gasteiger partial charge in [-0.2, -0.15) is 0 Å². The van der Waals surface area contributed by atoms with Gasteiger partial charge in [0.15, 0.2) is 5.75 Å². The minimum Gasteiger partial charge on any atom is -0.404 e. The number of halogens is 3. The van der Waals surface area contributed by atoms with Gasteiger partial charge in [-0.15, -0.1) is 13.2 Å². The van der Waals surface area contributed by atoms with Crippen LogP contribution in [0.1, 0.15) is 18.4 Å². The van der Waals surface area contributed by atoms with Crippen LogP contribution >= 0.6 is 0 Å². The number of alkyl halides is 3. The quantitative estimate of drug-likeness (QED) is 0.729. The average molecular weight is 418 g/mol. The molecule has 0 radical (unpaired) electrons. The number of likely N-dealkylation sites (tertiary alicyclic amines) is 1. The summed E-state index contributed by atoms with van der Waals surface area (Å²) in [6, 6.07) is 14.8. The lowest BCUT2D eigenvalue weighted by atomic mass is 9.95. The van der Waals surface area contributed by atoms with E-state index in [0.29, 0.717) is 25.9 Å². The van der Waals surface area contributed by atoms with Crippen molar-refractivity contribution >= 4 is 23.6 Å². The third kappa shape index (κ3) is 6.10. The molecule has 30 heavy (non-hydrogen) atoms. The summed E-state index contributed by atoms with van der Waals surface area (Å²) in [4.78, 5) is 26.5. The molecule has 158 valence electrons. The Morgan fingerprint density at radius 2 is 1.63 bits per heavy atom. The lowest BCUT2D eigenvalue weighted by Crippen LogP contribution is -2.40. The number of piperidine rings is 1. The smallest absolute Gasteiger partial charge is 0.404 e. The molecular weight excluding hydrogens is 397 g/mol. The zero-order valence-corrected chi connectivity index (χ0v) is 16.1. The number of carbonyl (C=O) groups is 2. The van der Waals surface area contributed by atoms with Crippen LogP contribution in [0, 0.1) is 5.92 Å². The molecule has 8 heteroatoms. The molecule has 3 rings (SSSR count). The van der Waals surface area contributed by atoms with Crippen LogP contribution < -0.4 is 10.1 Å². The predicted molar refractivity (Wildman–Crippen MR) is 107 cm³/mol. The number of carbonyl (C=O) groups excluding carboxylic acids is 2. The van der Waals surface area contributed by atoms with E-state index in [0.717, 1.165) is 11.6 Å². The fourth-order valence-corrected chi connectivity index (χ4v) is 3.22. The molecule has 5 nitrogen and oxygen atoms in total. The van der Waals surface area contributed by atoms with Crippen molar-refractivity contribution in [2.45, 2.75) is 19.2 Å². The van der Waals surface area contributed by atoms with E-state index in [1.165, 1.54) is 24.3 Å². The maximum Gasteiger partial charge on any atom is 0.573 e. The molecule has 0 saturated carbocycles. The first kappa shape index (κ1) is 21.4. The molecule has 2 aromatic rings. The van der Waals surface area contributed by atoms with Crippen LogP contribution in [0.3, 0.4) is 0 Å². The van der Waals surface area contributed by atoms with Gasteiger partial charge in [-0.25, -0.2) is 0 Å². The van der Waals surface area contributed by atoms with Crippen molar-refractivity contribution in [1.29, 1.82) is 0 Å². The predicted octanol–water partition coefficient (Wildman–Crippen LogP) is 4.48. The maximum absolute atomic E-state index is 12.5. The first-order valence-electron chi connectivity index (χ1n) is 9.49. The summed E-state index contributed by atoms with van der Waals surface area (Å²) in [5, 5.41) is 2.51. The summed E-state index contributed by atoms with van der Waals surface area (Å²) in [6.45, 7) is 0.799. The normalized spacial score (nSPS) is 15.2. The van der Waals surface area contributed by atoms with Crippen LogP contribution in [0.2, 0.25) is 0 Å². The molecule has 0 aromatic heterocycles. The van der Waals surface area contributed by atoms with Gasteiger partial charge in [0.1, 0.15) is 0 Å². The van der Waals surface area contributed by atoms with E-state index in [-0.39, 0.29) is 17.5 Å². The van der Waals surface area contributed by atoms with Gasteiger partial charge < -0.3 is 15.0 Å². The fourth-order valence-electron chi connectivity index (χ4n) is 3.22. The summed E-state index contributed by atoms with van der Waals surface area (Å²) in [7, 11) is 0. The lowest BCUT2D eigenvalue weighted by molar-refractivity contribution is -0.274. The van der Waals surface area contributed by atoms with E-state index >= 15 is 0 Å². The minimum absolute atomic E-state index is 0.0378. The molecular formula is C22H21F3N2O3. The van der Waals surface area contributed by atoms with Gasteiger partial charge >= 0.3 is 6.36 Å². The van der Waals surface area contributed by atoms with Gasteiger partial charge in [0.2, 0.25) is 11.8 Å². The van der Waals surface area contributed by atoms with Crippen molar-refractivity contribution in [2.24, 2.45) is 5.92 Å². The first-order valence-corrected chi connectivity index (χ1v) is 9.49. The molecule has 1 aliphatic heterocycles. The van der Waals surface area contributed by atoms with Crippen molar-refractivity contribution in [1.82, 2.24) is 4.90 Å². The number of nitrogens with one attached hydrogen (secondary N) is 1. The summed E-state index contributed by atoms with van der Waals surface area (Å²) < 4.78 is 41.5. The number of anilines is 1. The molecule has 0 bridgehead atoms. The Morgan fingerprint density at radius 1 is 1.00 bits per heavy atom. The Labute approximate surface area is 172 Å². The summed E-state index contributed by atoms with van der Waals surface area (Å²) in [5.74, 6) is -1.38. The zero-order chi connectivity index (χ0) is 21.6. The van der Waals surface area contributed by atoms with E-state index in [1.807, 2.05) is 30.3 Å². The number of ether oxygens (including phenoxy) is 1. The highest BCUT2D eigenvalue weighted by Gasteiger charge is 2.33. The molecule has 1 heterocycles. The largest absolute Gasteiger partial charge is 0.573 e. The van der Waals surface area contributed by atoms with Gasteiger partial charge in [-0.1, -0.05) is 42.5 Å². The SMILES string of the molecule is O=C(Nc1ccccc1OC(F)(F)F)C1CCN(C(=O)/C=C/c2ccccc2)CC1. The Kier molecular flexibility index (Phi) is 6.76. The molecule has 2 amide bonds. The highest BCUT2D eigenvalue weighted by molar-refractivity contribution is 5.95. The Balaban J connectivity index is 1.53. The number of hydrogen-bond acceptors (Lipinski definition) is 3. The maximum atomic E-state index is 12.5. The molecule has 0 atom stereocenters. The molecule has 0 aliphatic carbocycles. The molecule has 0 unspecified atom stereocenters. The van der Waals surface area contributed by atoms with E-state index in [1.54, 1.807) is 11.0 Å². The van der Waals surface area contributed by atoms with E-state index in [4.69, 9.17) is 0 Å². The van der Waals surface area contributed by atoms with Gasteiger partial charge in [0.05, 0.1) is 5.69 Å². The zero-order valence-electron chi connectivity index (χ0n) is 16.1. The van der Waals surface area contributed by atoms with Crippen molar-refractivity contribution in [2.75, 3.05) is 18.4 Å². The second kappa shape index (κ2) is 9.47. The number of rotatable bonds is 5. The second-order valence-electron chi connectivity index (χ2n) is 6.88. The van der Waals surface area contributed by atoms with Crippen molar-refractivity contribution in [3.05, 3.63) is 66.2 Å². The molecule has 1 N–H and O–H groups in total. The number of amides is 2. The molecule has 1 fully saturated rings. The summed E-state index contributed by atoms with van der Waals surface area (Å²) in [6.07, 6.45) is -0.753. The molecule has 1 aliphatic rings. The molecule has 1 saturated heterocycles. The van der Waals surface area contributed by atoms with E-state index < -0.39 is 18.0 Å². The third-order valence-corrected chi connectivity index (χ3v) is 4.77. The number of hydrogen-bond donors (Lipinski definition) is 1. The fraction of sp³-hybridized carbons (Fsp3) is 0.273. The molecule has 0 spiro atoms. The van der Waals surface area contributed by atoms with Crippen LogP contribution in [-0.2, 0) is 9.59 Å². The van der Waals surface area contributed by atoms with Gasteiger partial charge in [0.25, 0.3) is 0 Å². The van der Waals surface area contributed by atoms with Crippen molar-refractivity contribution in [3.8, 4) is 5.75 Å². The van der Waals surface area contributed by atoms with Gasteiger partial charge in [-0.05, 0) is 36.6 Å². The van der Waals surface area contributed by atoms with Crippen LogP contribution in [0.5, 0.6) is 5.75 Å². The lowest BCUT2D eigenvalue weighted by Gasteiger charge is -2.30. The number of para-hydroxylation sites is 2. The Morgan fingerprint density at radius 3 is 2.30 bits per heavy atom.